The Balaban J connectivity index is 3.20. The van der Waals surface area contributed by atoms with E-state index in [9.17, 15) is 0 Å². The van der Waals surface area contributed by atoms with Crippen LogP contribution in [0.2, 0.25) is 0 Å². The van der Waals surface area contributed by atoms with Crippen LogP contribution in [0.3, 0.4) is 0 Å². The third kappa shape index (κ3) is 7.21. The van der Waals surface area contributed by atoms with Crippen LogP contribution in [-0.2, 0) is 14.8 Å². The van der Waals surface area contributed by atoms with Crippen LogP contribution in [0.4, 0.5) is 0 Å². The molecular weight excluding hydrogens is 122 g/mol. The van der Waals surface area contributed by atoms with Crippen molar-refractivity contribution in [2.45, 2.75) is 26.4 Å². The molecule has 0 aliphatic rings. The molecule has 0 radical (unpaired) electrons. The van der Waals surface area contributed by atoms with Gasteiger partial charge in [0.15, 0.2) is 0 Å². The van der Waals surface area contributed by atoms with Crippen LogP contribution in [0.15, 0.2) is 0 Å². The zero-order valence-corrected chi connectivity index (χ0v) is 5.67. The van der Waals surface area contributed by atoms with Gasteiger partial charge in [-0.1, -0.05) is 0 Å². The molecule has 0 spiro atoms. The second-order valence-corrected chi connectivity index (χ2v) is 2.44. The molecule has 0 N–H and O–H groups in total. The summed E-state index contributed by atoms with van der Waals surface area (Å²) in [5.74, 6) is 0. The van der Waals surface area contributed by atoms with Crippen LogP contribution in [0.1, 0.15) is 20.8 Å². The summed E-state index contributed by atoms with van der Waals surface area (Å²) in [7, 11) is 0. The van der Waals surface area contributed by atoms with E-state index in [0.29, 0.717) is 0 Å². The molecule has 0 atom stereocenters. The van der Waals surface area contributed by atoms with Crippen molar-refractivity contribution in [1.29, 1.82) is 5.26 Å². The fourth-order valence-electron chi connectivity index (χ4n) is 0.134. The molecule has 9 heavy (non-hydrogen) atoms. The fraction of sp³-hybridized carbons (Fsp3) is 0.800. The Morgan fingerprint density at radius 2 is 1.89 bits per heavy atom. The second kappa shape index (κ2) is 3.28. The van der Waals surface area contributed by atoms with Crippen LogP contribution < -0.4 is 0 Å². The number of rotatable bonds is 2. The molecule has 0 saturated carbocycles. The first-order valence-corrected chi connectivity index (χ1v) is 2.47. The quantitative estimate of drug-likeness (QED) is 0.244. The van der Waals surface area contributed by atoms with Gasteiger partial charge in [0, 0.05) is 0 Å². The summed E-state index contributed by atoms with van der Waals surface area (Å²) in [4.78, 5) is 8.32. The molecule has 0 aromatic heterocycles. The van der Waals surface area contributed by atoms with Crippen molar-refractivity contribution >= 4 is 0 Å². The van der Waals surface area contributed by atoms with Gasteiger partial charge in [-0.25, -0.2) is 4.89 Å². The SMILES string of the molecule is CC(C)(C)OOOC#N. The molecule has 0 bridgehead atoms. The lowest BCUT2D eigenvalue weighted by Crippen LogP contribution is -2.18. The van der Waals surface area contributed by atoms with Crippen molar-refractivity contribution in [3.63, 3.8) is 0 Å². The van der Waals surface area contributed by atoms with Crippen molar-refractivity contribution in [3.05, 3.63) is 0 Å². The summed E-state index contributed by atoms with van der Waals surface area (Å²) in [5.41, 5.74) is -0.448. The van der Waals surface area contributed by atoms with Gasteiger partial charge < -0.3 is 0 Å². The van der Waals surface area contributed by atoms with Gasteiger partial charge in [-0.2, -0.15) is 4.89 Å². The molecule has 0 heterocycles. The average molecular weight is 131 g/mol. The molecular formula is C5H9NO3. The molecule has 0 aliphatic heterocycles. The molecule has 4 nitrogen and oxygen atoms in total. The van der Waals surface area contributed by atoms with Crippen LogP contribution >= 0.6 is 0 Å². The Kier molecular flexibility index (Phi) is 2.99. The van der Waals surface area contributed by atoms with Gasteiger partial charge in [0.2, 0.25) is 0 Å². The first-order valence-electron chi connectivity index (χ1n) is 2.47. The topological polar surface area (TPSA) is 51.5 Å². The normalized spacial score (nSPS) is 10.4. The van der Waals surface area contributed by atoms with Crippen LogP contribution in [0, 0.1) is 11.5 Å². The first kappa shape index (κ1) is 8.21. The van der Waals surface area contributed by atoms with E-state index in [4.69, 9.17) is 5.26 Å². The largest absolute Gasteiger partial charge is 0.328 e. The average Bonchev–Trinajstić information content (AvgIpc) is 1.63. The van der Waals surface area contributed by atoms with Gasteiger partial charge in [-0.3, -0.25) is 0 Å². The third-order valence-electron chi connectivity index (χ3n) is 0.355. The van der Waals surface area contributed by atoms with Gasteiger partial charge in [0.1, 0.15) is 0 Å². The molecule has 0 aromatic carbocycles. The summed E-state index contributed by atoms with van der Waals surface area (Å²) in [6, 6.07) is 0. The van der Waals surface area contributed by atoms with Crippen molar-refractivity contribution < 1.29 is 14.8 Å². The molecule has 0 rings (SSSR count). The van der Waals surface area contributed by atoms with Crippen molar-refractivity contribution in [1.82, 2.24) is 0 Å². The lowest BCUT2D eigenvalue weighted by Gasteiger charge is -2.13. The van der Waals surface area contributed by atoms with E-state index >= 15 is 0 Å². The van der Waals surface area contributed by atoms with E-state index in [2.05, 4.69) is 14.8 Å². The smallest absolute Gasteiger partial charge is 0.224 e. The number of hydrogen-bond donors (Lipinski definition) is 0. The van der Waals surface area contributed by atoms with Gasteiger partial charge in [0.05, 0.1) is 5.60 Å². The minimum atomic E-state index is -0.448. The lowest BCUT2D eigenvalue weighted by atomic mass is 10.2. The van der Waals surface area contributed by atoms with Crippen LogP contribution in [0.5, 0.6) is 0 Å². The highest BCUT2D eigenvalue weighted by Gasteiger charge is 2.11. The Bertz CT molecular complexity index is 110. The lowest BCUT2D eigenvalue weighted by molar-refractivity contribution is -0.513. The summed E-state index contributed by atoms with van der Waals surface area (Å²) >= 11 is 0. The van der Waals surface area contributed by atoms with Gasteiger partial charge in [0.25, 0.3) is 0 Å². The van der Waals surface area contributed by atoms with Gasteiger partial charge >= 0.3 is 6.26 Å². The zero-order valence-electron chi connectivity index (χ0n) is 5.67. The minimum Gasteiger partial charge on any atom is -0.224 e. The molecule has 0 unspecified atom stereocenters. The van der Waals surface area contributed by atoms with Crippen molar-refractivity contribution in [2.75, 3.05) is 0 Å². The minimum absolute atomic E-state index is 0.448. The van der Waals surface area contributed by atoms with Crippen LogP contribution in [0.25, 0.3) is 0 Å². The summed E-state index contributed by atoms with van der Waals surface area (Å²) < 4.78 is 0. The Hall–Kier alpha value is -0.790. The van der Waals surface area contributed by atoms with E-state index in [-0.39, 0.29) is 0 Å². The van der Waals surface area contributed by atoms with Crippen LogP contribution in [-0.4, -0.2) is 5.60 Å². The number of nitrogens with zero attached hydrogens (tertiary/aromatic N) is 1. The molecule has 4 heteroatoms. The Morgan fingerprint density at radius 3 is 2.22 bits per heavy atom. The standard InChI is InChI=1S/C5H9NO3/c1-5(2,3)8-9-7-4-6/h1-3H3. The molecule has 0 fully saturated rings. The fourth-order valence-corrected chi connectivity index (χ4v) is 0.134. The molecule has 52 valence electrons. The summed E-state index contributed by atoms with van der Waals surface area (Å²) in [5, 5.41) is 11.8. The summed E-state index contributed by atoms with van der Waals surface area (Å²) in [6.45, 7) is 5.31. The van der Waals surface area contributed by atoms with E-state index in [1.807, 2.05) is 0 Å². The van der Waals surface area contributed by atoms with E-state index < -0.39 is 5.60 Å². The maximum atomic E-state index is 7.79. The third-order valence-corrected chi connectivity index (χ3v) is 0.355. The predicted molar refractivity (Wildman–Crippen MR) is 28.6 cm³/mol. The molecule has 0 saturated heterocycles. The van der Waals surface area contributed by atoms with Gasteiger partial charge in [-0.05, 0) is 25.8 Å². The van der Waals surface area contributed by atoms with E-state index in [1.165, 1.54) is 6.26 Å². The number of hydrogen-bond acceptors (Lipinski definition) is 4. The van der Waals surface area contributed by atoms with Gasteiger partial charge in [-0.15, -0.1) is 5.26 Å². The van der Waals surface area contributed by atoms with Crippen molar-refractivity contribution in [3.8, 4) is 6.26 Å². The molecule has 0 amide bonds. The zero-order chi connectivity index (χ0) is 7.33. The highest BCUT2D eigenvalue weighted by atomic mass is 17.5. The maximum Gasteiger partial charge on any atom is 0.328 e. The maximum absolute atomic E-state index is 7.79. The van der Waals surface area contributed by atoms with Crippen molar-refractivity contribution in [2.24, 2.45) is 0 Å². The second-order valence-electron chi connectivity index (χ2n) is 2.44. The highest BCUT2D eigenvalue weighted by molar-refractivity contribution is 4.54. The highest BCUT2D eigenvalue weighted by Crippen LogP contribution is 2.06. The Labute approximate surface area is 53.8 Å². The molecule has 0 aromatic rings. The first-order chi connectivity index (χ1) is 4.06. The van der Waals surface area contributed by atoms with E-state index in [0.717, 1.165) is 0 Å². The molecule has 0 aliphatic carbocycles. The summed E-state index contributed by atoms with van der Waals surface area (Å²) in [6.07, 6.45) is 1.29. The van der Waals surface area contributed by atoms with E-state index in [1.54, 1.807) is 20.8 Å². The Morgan fingerprint density at radius 1 is 1.33 bits per heavy atom. The number of nitriles is 1. The predicted octanol–water partition coefficient (Wildman–Crippen LogP) is 1.15. The monoisotopic (exact) mass is 131 g/mol.